The number of nitrogens with zero attached hydrogens (tertiary/aromatic N) is 4. The number of hydrogen-bond acceptors (Lipinski definition) is 5. The lowest BCUT2D eigenvalue weighted by Crippen LogP contribution is -2.39. The van der Waals surface area contributed by atoms with Crippen molar-refractivity contribution in [1.82, 2.24) is 5.01 Å². The first kappa shape index (κ1) is 14.8. The van der Waals surface area contributed by atoms with Gasteiger partial charge in [0.25, 0.3) is 11.8 Å². The van der Waals surface area contributed by atoms with Gasteiger partial charge in [-0.05, 0) is 23.8 Å². The van der Waals surface area contributed by atoms with Crippen LogP contribution in [-0.2, 0) is 16.1 Å². The highest BCUT2D eigenvalue weighted by Crippen LogP contribution is 2.33. The molecule has 2 aromatic rings. The van der Waals surface area contributed by atoms with Crippen LogP contribution < -0.4 is 4.90 Å². The highest BCUT2D eigenvalue weighted by atomic mass is 35.5. The van der Waals surface area contributed by atoms with Gasteiger partial charge in [-0.25, -0.2) is 4.90 Å². The topological polar surface area (TPSA) is 65.3 Å². The second-order valence-electron chi connectivity index (χ2n) is 5.67. The van der Waals surface area contributed by atoms with E-state index in [1.165, 1.54) is 0 Å². The summed E-state index contributed by atoms with van der Waals surface area (Å²) in [7, 11) is 0. The van der Waals surface area contributed by atoms with E-state index >= 15 is 0 Å². The summed E-state index contributed by atoms with van der Waals surface area (Å²) in [4.78, 5) is 26.5. The fourth-order valence-corrected chi connectivity index (χ4v) is 3.18. The smallest absolute Gasteiger partial charge is 0.263 e. The predicted molar refractivity (Wildman–Crippen MR) is 88.4 cm³/mol. The van der Waals surface area contributed by atoms with Crippen molar-refractivity contribution in [3.8, 4) is 0 Å². The maximum Gasteiger partial charge on any atom is 0.263 e. The molecule has 0 aliphatic carbocycles. The molecular formula is C17H13ClN4O2. The van der Waals surface area contributed by atoms with E-state index in [2.05, 4.69) is 10.3 Å². The second-order valence-corrected chi connectivity index (χ2v) is 6.11. The van der Waals surface area contributed by atoms with Gasteiger partial charge in [-0.15, -0.1) is 0 Å². The van der Waals surface area contributed by atoms with Crippen LogP contribution in [-0.4, -0.2) is 28.9 Å². The van der Waals surface area contributed by atoms with Gasteiger partial charge < -0.3 is 0 Å². The molecule has 0 radical (unpaired) electrons. The average molecular weight is 341 g/mol. The average Bonchev–Trinajstić information content (AvgIpc) is 3.09. The van der Waals surface area contributed by atoms with Gasteiger partial charge in [0.15, 0.2) is 12.1 Å². The number of benzene rings is 2. The van der Waals surface area contributed by atoms with E-state index in [4.69, 9.17) is 11.6 Å². The van der Waals surface area contributed by atoms with Crippen LogP contribution in [0.5, 0.6) is 0 Å². The molecule has 2 aliphatic heterocycles. The molecular weight excluding hydrogens is 328 g/mol. The number of imide groups is 1. The molecule has 0 saturated carbocycles. The van der Waals surface area contributed by atoms with Crippen molar-refractivity contribution < 1.29 is 9.59 Å². The monoisotopic (exact) mass is 340 g/mol. The summed E-state index contributed by atoms with van der Waals surface area (Å²) in [6, 6.07) is 14.8. The number of fused-ring (bicyclic) bond motifs is 1. The lowest BCUT2D eigenvalue weighted by atomic mass is 10.1. The zero-order chi connectivity index (χ0) is 16.7. The minimum atomic E-state index is -0.791. The molecule has 2 aliphatic rings. The van der Waals surface area contributed by atoms with Gasteiger partial charge in [-0.1, -0.05) is 53.2 Å². The lowest BCUT2D eigenvalue weighted by Gasteiger charge is -2.20. The first-order valence-electron chi connectivity index (χ1n) is 7.50. The Morgan fingerprint density at radius 2 is 1.79 bits per heavy atom. The van der Waals surface area contributed by atoms with Gasteiger partial charge in [0.05, 0.1) is 12.2 Å². The van der Waals surface area contributed by atoms with Crippen LogP contribution in [0, 0.1) is 0 Å². The molecule has 2 heterocycles. The Kier molecular flexibility index (Phi) is 3.54. The molecule has 0 unspecified atom stereocenters. The quantitative estimate of drug-likeness (QED) is 0.807. The first-order chi connectivity index (χ1) is 11.6. The molecule has 7 heteroatoms. The van der Waals surface area contributed by atoms with Gasteiger partial charge in [0, 0.05) is 5.02 Å². The number of rotatable bonds is 3. The van der Waals surface area contributed by atoms with Crippen molar-refractivity contribution in [2.24, 2.45) is 10.3 Å². The molecule has 1 fully saturated rings. The molecule has 24 heavy (non-hydrogen) atoms. The standard InChI is InChI=1S/C17H13ClN4O2/c18-12-7-4-8-13(9-12)22-16(23)14-15(17(22)24)21(20-19-14)10-11-5-2-1-3-6-11/h1-9,14-15H,10H2/t14-,15-/m1/s1. The fraction of sp³-hybridized carbons (Fsp3) is 0.176. The minimum Gasteiger partial charge on any atom is -0.271 e. The van der Waals surface area contributed by atoms with E-state index in [1.54, 1.807) is 29.3 Å². The molecule has 0 spiro atoms. The van der Waals surface area contributed by atoms with Gasteiger partial charge >= 0.3 is 0 Å². The van der Waals surface area contributed by atoms with Gasteiger partial charge in [-0.3, -0.25) is 14.6 Å². The van der Waals surface area contributed by atoms with Gasteiger partial charge in [0.2, 0.25) is 0 Å². The van der Waals surface area contributed by atoms with Crippen molar-refractivity contribution in [2.45, 2.75) is 18.6 Å². The second kappa shape index (κ2) is 5.72. The maximum atomic E-state index is 12.8. The van der Waals surface area contributed by atoms with Crippen LogP contribution in [0.15, 0.2) is 64.9 Å². The summed E-state index contributed by atoms with van der Waals surface area (Å²) in [6.07, 6.45) is 0. The number of halogens is 1. The Labute approximate surface area is 143 Å². The van der Waals surface area contributed by atoms with Crippen LogP contribution in [0.1, 0.15) is 5.56 Å². The zero-order valence-electron chi connectivity index (χ0n) is 12.5. The van der Waals surface area contributed by atoms with E-state index in [0.717, 1.165) is 10.5 Å². The highest BCUT2D eigenvalue weighted by molar-refractivity contribution is 6.31. The number of hydrogen-bond donors (Lipinski definition) is 0. The maximum absolute atomic E-state index is 12.8. The minimum absolute atomic E-state index is 0.326. The van der Waals surface area contributed by atoms with Crippen molar-refractivity contribution in [2.75, 3.05) is 4.90 Å². The summed E-state index contributed by atoms with van der Waals surface area (Å²) in [5.74, 6) is -0.695. The summed E-state index contributed by atoms with van der Waals surface area (Å²) in [5.41, 5.74) is 1.46. The third kappa shape index (κ3) is 2.35. The van der Waals surface area contributed by atoms with Crippen LogP contribution in [0.2, 0.25) is 5.02 Å². The third-order valence-electron chi connectivity index (χ3n) is 4.11. The van der Waals surface area contributed by atoms with E-state index in [-0.39, 0.29) is 11.8 Å². The first-order valence-corrected chi connectivity index (χ1v) is 7.87. The molecule has 0 N–H and O–H groups in total. The normalized spacial score (nSPS) is 22.4. The van der Waals surface area contributed by atoms with E-state index in [0.29, 0.717) is 17.3 Å². The molecule has 0 aromatic heterocycles. The predicted octanol–water partition coefficient (Wildman–Crippen LogP) is 2.83. The summed E-state index contributed by atoms with van der Waals surface area (Å²) in [5, 5.41) is 10.1. The molecule has 1 saturated heterocycles. The molecule has 2 amide bonds. The number of carbonyl (C=O) groups is 2. The number of carbonyl (C=O) groups excluding carboxylic acids is 2. The van der Waals surface area contributed by atoms with Crippen molar-refractivity contribution in [1.29, 1.82) is 0 Å². The Bertz CT molecular complexity index is 839. The van der Waals surface area contributed by atoms with E-state index < -0.39 is 12.1 Å². The number of anilines is 1. The molecule has 4 rings (SSSR count). The number of amides is 2. The van der Waals surface area contributed by atoms with Crippen molar-refractivity contribution in [3.05, 3.63) is 65.2 Å². The zero-order valence-corrected chi connectivity index (χ0v) is 13.3. The highest BCUT2D eigenvalue weighted by Gasteiger charge is 2.54. The Hall–Kier alpha value is -2.73. The van der Waals surface area contributed by atoms with Crippen molar-refractivity contribution in [3.63, 3.8) is 0 Å². The van der Waals surface area contributed by atoms with Crippen LogP contribution in [0.4, 0.5) is 5.69 Å². The molecule has 120 valence electrons. The Morgan fingerprint density at radius 1 is 1.00 bits per heavy atom. The third-order valence-corrected chi connectivity index (χ3v) is 4.35. The van der Waals surface area contributed by atoms with Gasteiger partial charge in [-0.2, -0.15) is 5.11 Å². The summed E-state index contributed by atoms with van der Waals surface area (Å²) in [6.45, 7) is 0.425. The van der Waals surface area contributed by atoms with E-state index in [1.807, 2.05) is 30.3 Å². The van der Waals surface area contributed by atoms with Crippen LogP contribution >= 0.6 is 11.6 Å². The largest absolute Gasteiger partial charge is 0.271 e. The molecule has 2 aromatic carbocycles. The lowest BCUT2D eigenvalue weighted by molar-refractivity contribution is -0.123. The molecule has 0 bridgehead atoms. The van der Waals surface area contributed by atoms with E-state index in [9.17, 15) is 9.59 Å². The SMILES string of the molecule is O=C1[C@@H]2N=NN(Cc3ccccc3)[C@H]2C(=O)N1c1cccc(Cl)c1. The van der Waals surface area contributed by atoms with Crippen molar-refractivity contribution >= 4 is 29.1 Å². The van der Waals surface area contributed by atoms with Crippen LogP contribution in [0.3, 0.4) is 0 Å². The van der Waals surface area contributed by atoms with Crippen LogP contribution in [0.25, 0.3) is 0 Å². The Morgan fingerprint density at radius 3 is 2.54 bits per heavy atom. The fourth-order valence-electron chi connectivity index (χ4n) is 2.99. The van der Waals surface area contributed by atoms with Gasteiger partial charge in [0.1, 0.15) is 0 Å². The Balaban J connectivity index is 1.62. The molecule has 2 atom stereocenters. The summed E-state index contributed by atoms with van der Waals surface area (Å²) >= 11 is 5.97. The molecule has 6 nitrogen and oxygen atoms in total. The summed E-state index contributed by atoms with van der Waals surface area (Å²) < 4.78 is 0.